The van der Waals surface area contributed by atoms with E-state index in [2.05, 4.69) is 31.1 Å². The van der Waals surface area contributed by atoms with Crippen LogP contribution in [0.1, 0.15) is 43.8 Å². The van der Waals surface area contributed by atoms with Gasteiger partial charge in [0.05, 0.1) is 5.01 Å². The highest BCUT2D eigenvalue weighted by molar-refractivity contribution is 7.09. The van der Waals surface area contributed by atoms with Crippen LogP contribution in [0.25, 0.3) is 0 Å². The van der Waals surface area contributed by atoms with Crippen molar-refractivity contribution in [2.75, 3.05) is 6.54 Å². The van der Waals surface area contributed by atoms with E-state index in [0.29, 0.717) is 11.3 Å². The molecule has 0 spiro atoms. The number of aryl methyl sites for hydroxylation is 1. The standard InChI is InChI=1S/C14H24N2S/c1-10-9-17-13(16-10)6-12-7-14(2,3)5-4-11(12)8-15/h9,11-12H,4-8,15H2,1-3H3. The molecule has 2 N–H and O–H groups in total. The highest BCUT2D eigenvalue weighted by atomic mass is 32.1. The molecule has 96 valence electrons. The number of hydrogen-bond donors (Lipinski definition) is 1. The molecule has 2 rings (SSSR count). The maximum atomic E-state index is 5.92. The van der Waals surface area contributed by atoms with Gasteiger partial charge in [-0.05, 0) is 50.0 Å². The zero-order chi connectivity index (χ0) is 12.5. The van der Waals surface area contributed by atoms with Gasteiger partial charge in [0.1, 0.15) is 0 Å². The van der Waals surface area contributed by atoms with Crippen LogP contribution in [-0.2, 0) is 6.42 Å². The summed E-state index contributed by atoms with van der Waals surface area (Å²) in [5.41, 5.74) is 7.57. The van der Waals surface area contributed by atoms with Crippen molar-refractivity contribution in [3.63, 3.8) is 0 Å². The third-order valence-electron chi connectivity index (χ3n) is 4.08. The molecule has 0 radical (unpaired) electrons. The van der Waals surface area contributed by atoms with Crippen molar-refractivity contribution in [3.8, 4) is 0 Å². The zero-order valence-electron chi connectivity index (χ0n) is 11.2. The van der Waals surface area contributed by atoms with Crippen molar-refractivity contribution < 1.29 is 0 Å². The fourth-order valence-corrected chi connectivity index (χ4v) is 3.93. The van der Waals surface area contributed by atoms with Crippen LogP contribution in [0.15, 0.2) is 5.38 Å². The Hall–Kier alpha value is -0.410. The van der Waals surface area contributed by atoms with Crippen molar-refractivity contribution in [1.82, 2.24) is 4.98 Å². The lowest BCUT2D eigenvalue weighted by Crippen LogP contribution is -2.35. The third-order valence-corrected chi connectivity index (χ3v) is 5.07. The molecular weight excluding hydrogens is 228 g/mol. The average Bonchev–Trinajstić information content (AvgIpc) is 2.63. The predicted octanol–water partition coefficient (Wildman–Crippen LogP) is 3.40. The molecule has 1 fully saturated rings. The summed E-state index contributed by atoms with van der Waals surface area (Å²) >= 11 is 1.80. The van der Waals surface area contributed by atoms with Crippen LogP contribution in [0.4, 0.5) is 0 Å². The number of hydrogen-bond acceptors (Lipinski definition) is 3. The van der Waals surface area contributed by atoms with Crippen LogP contribution in [0.5, 0.6) is 0 Å². The molecule has 2 unspecified atom stereocenters. The fraction of sp³-hybridized carbons (Fsp3) is 0.786. The molecule has 0 amide bonds. The largest absolute Gasteiger partial charge is 0.330 e. The molecule has 1 aliphatic carbocycles. The molecule has 0 bridgehead atoms. The molecule has 2 atom stereocenters. The van der Waals surface area contributed by atoms with Crippen LogP contribution in [0, 0.1) is 24.2 Å². The second-order valence-electron chi connectivity index (χ2n) is 6.25. The average molecular weight is 252 g/mol. The molecule has 17 heavy (non-hydrogen) atoms. The minimum absolute atomic E-state index is 0.489. The zero-order valence-corrected chi connectivity index (χ0v) is 12.0. The lowest BCUT2D eigenvalue weighted by atomic mass is 9.66. The molecule has 1 aromatic heterocycles. The molecule has 1 saturated carbocycles. The number of rotatable bonds is 3. The summed E-state index contributed by atoms with van der Waals surface area (Å²) in [5, 5.41) is 3.45. The second-order valence-corrected chi connectivity index (χ2v) is 7.19. The highest BCUT2D eigenvalue weighted by Crippen LogP contribution is 2.42. The quantitative estimate of drug-likeness (QED) is 0.895. The smallest absolute Gasteiger partial charge is 0.0930 e. The summed E-state index contributed by atoms with van der Waals surface area (Å²) in [6.07, 6.45) is 5.04. The number of nitrogens with two attached hydrogens (primary N) is 1. The Bertz CT molecular complexity index is 370. The highest BCUT2D eigenvalue weighted by Gasteiger charge is 2.34. The molecule has 0 aromatic carbocycles. The number of aromatic nitrogens is 1. The first-order valence-electron chi connectivity index (χ1n) is 6.61. The number of nitrogens with zero attached hydrogens (tertiary/aromatic N) is 1. The molecule has 1 aliphatic rings. The third kappa shape index (κ3) is 3.29. The molecule has 0 saturated heterocycles. The molecule has 0 aliphatic heterocycles. The van der Waals surface area contributed by atoms with E-state index in [1.54, 1.807) is 11.3 Å². The van der Waals surface area contributed by atoms with Crippen LogP contribution >= 0.6 is 11.3 Å². The van der Waals surface area contributed by atoms with Gasteiger partial charge in [0.15, 0.2) is 0 Å². The van der Waals surface area contributed by atoms with Crippen LogP contribution in [-0.4, -0.2) is 11.5 Å². The van der Waals surface area contributed by atoms with Gasteiger partial charge in [0.25, 0.3) is 0 Å². The van der Waals surface area contributed by atoms with Crippen molar-refractivity contribution in [1.29, 1.82) is 0 Å². The summed E-state index contributed by atoms with van der Waals surface area (Å²) < 4.78 is 0. The maximum Gasteiger partial charge on any atom is 0.0930 e. The summed E-state index contributed by atoms with van der Waals surface area (Å²) in [7, 11) is 0. The molecule has 3 heteroatoms. The van der Waals surface area contributed by atoms with Crippen molar-refractivity contribution in [2.24, 2.45) is 23.0 Å². The van der Waals surface area contributed by atoms with Gasteiger partial charge in [-0.2, -0.15) is 0 Å². The van der Waals surface area contributed by atoms with Gasteiger partial charge in [-0.25, -0.2) is 4.98 Å². The van der Waals surface area contributed by atoms with Crippen molar-refractivity contribution in [2.45, 2.75) is 46.5 Å². The van der Waals surface area contributed by atoms with E-state index in [9.17, 15) is 0 Å². The first-order chi connectivity index (χ1) is 8.00. The minimum atomic E-state index is 0.489. The van der Waals surface area contributed by atoms with E-state index >= 15 is 0 Å². The summed E-state index contributed by atoms with van der Waals surface area (Å²) in [6, 6.07) is 0. The predicted molar refractivity (Wildman–Crippen MR) is 74.2 cm³/mol. The van der Waals surface area contributed by atoms with Crippen LogP contribution < -0.4 is 5.73 Å². The first-order valence-corrected chi connectivity index (χ1v) is 7.49. The molecular formula is C14H24N2S. The van der Waals surface area contributed by atoms with Gasteiger partial charge < -0.3 is 5.73 Å². The van der Waals surface area contributed by atoms with E-state index in [1.807, 2.05) is 0 Å². The second kappa shape index (κ2) is 5.07. The molecule has 2 nitrogen and oxygen atoms in total. The van der Waals surface area contributed by atoms with Crippen molar-refractivity contribution in [3.05, 3.63) is 16.1 Å². The SMILES string of the molecule is Cc1csc(CC2CC(C)(C)CCC2CN)n1. The van der Waals surface area contributed by atoms with Crippen molar-refractivity contribution >= 4 is 11.3 Å². The van der Waals surface area contributed by atoms with E-state index in [4.69, 9.17) is 5.73 Å². The Morgan fingerprint density at radius 2 is 2.24 bits per heavy atom. The lowest BCUT2D eigenvalue weighted by Gasteiger charge is -2.40. The Kier molecular flexibility index (Phi) is 3.88. The summed E-state index contributed by atoms with van der Waals surface area (Å²) in [5.74, 6) is 1.43. The van der Waals surface area contributed by atoms with Gasteiger partial charge in [-0.3, -0.25) is 0 Å². The minimum Gasteiger partial charge on any atom is -0.330 e. The fourth-order valence-electron chi connectivity index (χ4n) is 3.06. The van der Waals surface area contributed by atoms with Gasteiger partial charge in [0, 0.05) is 17.5 Å². The van der Waals surface area contributed by atoms with Gasteiger partial charge >= 0.3 is 0 Å². The molecule has 1 heterocycles. The van der Waals surface area contributed by atoms with Gasteiger partial charge in [-0.15, -0.1) is 11.3 Å². The maximum absolute atomic E-state index is 5.92. The summed E-state index contributed by atoms with van der Waals surface area (Å²) in [4.78, 5) is 4.60. The van der Waals surface area contributed by atoms with E-state index in [-0.39, 0.29) is 0 Å². The van der Waals surface area contributed by atoms with Crippen LogP contribution in [0.2, 0.25) is 0 Å². The van der Waals surface area contributed by atoms with E-state index in [1.165, 1.54) is 24.3 Å². The number of thiazole rings is 1. The van der Waals surface area contributed by atoms with Gasteiger partial charge in [0.2, 0.25) is 0 Å². The Morgan fingerprint density at radius 3 is 2.82 bits per heavy atom. The van der Waals surface area contributed by atoms with E-state index < -0.39 is 0 Å². The summed E-state index contributed by atoms with van der Waals surface area (Å²) in [6.45, 7) is 7.69. The van der Waals surface area contributed by atoms with Gasteiger partial charge in [-0.1, -0.05) is 13.8 Å². The lowest BCUT2D eigenvalue weighted by molar-refractivity contribution is 0.121. The normalized spacial score (nSPS) is 28.2. The Morgan fingerprint density at radius 1 is 1.47 bits per heavy atom. The Balaban J connectivity index is 2.05. The topological polar surface area (TPSA) is 38.9 Å². The molecule has 1 aromatic rings. The Labute approximate surface area is 109 Å². The van der Waals surface area contributed by atoms with E-state index in [0.717, 1.165) is 24.6 Å². The van der Waals surface area contributed by atoms with Crippen LogP contribution in [0.3, 0.4) is 0 Å². The first kappa shape index (κ1) is 13.0. The monoisotopic (exact) mass is 252 g/mol.